The van der Waals surface area contributed by atoms with Crippen molar-refractivity contribution >= 4 is 40.7 Å². The zero-order chi connectivity index (χ0) is 15.7. The Labute approximate surface area is 144 Å². The van der Waals surface area contributed by atoms with Crippen LogP contribution in [0.15, 0.2) is 12.1 Å². The molecule has 7 heteroatoms. The van der Waals surface area contributed by atoms with Gasteiger partial charge in [0.15, 0.2) is 6.61 Å². The SMILES string of the molecule is O=C(COc1cc(Cl)c(Cl)cc1Cl)N1C2CCNCC1CC2. The van der Waals surface area contributed by atoms with Gasteiger partial charge in [-0.3, -0.25) is 4.79 Å². The Kier molecular flexibility index (Phi) is 5.03. The van der Waals surface area contributed by atoms with E-state index in [2.05, 4.69) is 5.32 Å². The van der Waals surface area contributed by atoms with Crippen LogP contribution >= 0.6 is 34.8 Å². The van der Waals surface area contributed by atoms with Gasteiger partial charge in [0.1, 0.15) is 5.75 Å². The fourth-order valence-corrected chi connectivity index (χ4v) is 3.81. The van der Waals surface area contributed by atoms with Gasteiger partial charge in [-0.05, 0) is 31.9 Å². The minimum Gasteiger partial charge on any atom is -0.482 e. The first-order chi connectivity index (χ1) is 10.6. The monoisotopic (exact) mass is 362 g/mol. The molecular formula is C15H17Cl3N2O2. The van der Waals surface area contributed by atoms with Gasteiger partial charge >= 0.3 is 0 Å². The van der Waals surface area contributed by atoms with Gasteiger partial charge in [-0.25, -0.2) is 0 Å². The molecule has 4 nitrogen and oxygen atoms in total. The van der Waals surface area contributed by atoms with Crippen molar-refractivity contribution in [1.29, 1.82) is 0 Å². The summed E-state index contributed by atoms with van der Waals surface area (Å²) in [5.74, 6) is 0.378. The molecule has 120 valence electrons. The summed E-state index contributed by atoms with van der Waals surface area (Å²) in [6.07, 6.45) is 3.12. The zero-order valence-electron chi connectivity index (χ0n) is 11.9. The van der Waals surface area contributed by atoms with Gasteiger partial charge in [0.05, 0.1) is 15.1 Å². The van der Waals surface area contributed by atoms with E-state index in [1.54, 1.807) is 0 Å². The van der Waals surface area contributed by atoms with Crippen LogP contribution in [0, 0.1) is 0 Å². The van der Waals surface area contributed by atoms with Crippen molar-refractivity contribution in [2.24, 2.45) is 0 Å². The maximum absolute atomic E-state index is 12.5. The van der Waals surface area contributed by atoms with E-state index in [-0.39, 0.29) is 18.6 Å². The highest BCUT2D eigenvalue weighted by Gasteiger charge is 2.37. The second kappa shape index (κ2) is 6.83. The topological polar surface area (TPSA) is 41.6 Å². The number of nitrogens with zero attached hydrogens (tertiary/aromatic N) is 1. The highest BCUT2D eigenvalue weighted by molar-refractivity contribution is 6.43. The molecule has 0 aromatic heterocycles. The lowest BCUT2D eigenvalue weighted by atomic mass is 10.1. The summed E-state index contributed by atoms with van der Waals surface area (Å²) in [6, 6.07) is 3.65. The van der Waals surface area contributed by atoms with E-state index in [1.165, 1.54) is 12.1 Å². The van der Waals surface area contributed by atoms with E-state index in [0.29, 0.717) is 26.9 Å². The third-order valence-electron chi connectivity index (χ3n) is 4.27. The summed E-state index contributed by atoms with van der Waals surface area (Å²) in [7, 11) is 0. The van der Waals surface area contributed by atoms with Crippen molar-refractivity contribution in [3.05, 3.63) is 27.2 Å². The number of carbonyl (C=O) groups is 1. The predicted octanol–water partition coefficient (Wildman–Crippen LogP) is 3.38. The molecule has 2 heterocycles. The molecule has 22 heavy (non-hydrogen) atoms. The molecule has 1 aromatic carbocycles. The molecule has 0 aliphatic carbocycles. The molecule has 1 N–H and O–H groups in total. The summed E-state index contributed by atoms with van der Waals surface area (Å²) in [4.78, 5) is 14.5. The highest BCUT2D eigenvalue weighted by atomic mass is 35.5. The smallest absolute Gasteiger partial charge is 0.261 e. The number of amides is 1. The number of ether oxygens (including phenoxy) is 1. The quantitative estimate of drug-likeness (QED) is 0.837. The Bertz CT molecular complexity index is 568. The van der Waals surface area contributed by atoms with Gasteiger partial charge in [0.2, 0.25) is 0 Å². The number of rotatable bonds is 3. The molecule has 2 aliphatic rings. The molecule has 0 saturated carbocycles. The van der Waals surface area contributed by atoms with Gasteiger partial charge < -0.3 is 15.0 Å². The van der Waals surface area contributed by atoms with Crippen molar-refractivity contribution in [2.45, 2.75) is 31.3 Å². The predicted molar refractivity (Wildman–Crippen MR) is 88.1 cm³/mol. The summed E-state index contributed by atoms with van der Waals surface area (Å²) >= 11 is 17.9. The van der Waals surface area contributed by atoms with Gasteiger partial charge in [0, 0.05) is 24.7 Å². The fourth-order valence-electron chi connectivity index (χ4n) is 3.22. The lowest BCUT2D eigenvalue weighted by molar-refractivity contribution is -0.135. The van der Waals surface area contributed by atoms with Gasteiger partial charge in [-0.15, -0.1) is 0 Å². The van der Waals surface area contributed by atoms with E-state index < -0.39 is 0 Å². The van der Waals surface area contributed by atoms with Crippen LogP contribution < -0.4 is 10.1 Å². The van der Waals surface area contributed by atoms with E-state index in [4.69, 9.17) is 39.5 Å². The number of hydrogen-bond acceptors (Lipinski definition) is 3. The minimum absolute atomic E-state index is 0.00154. The maximum atomic E-state index is 12.5. The van der Waals surface area contributed by atoms with Crippen LogP contribution in [0.3, 0.4) is 0 Å². The molecule has 2 fully saturated rings. The molecule has 2 aliphatic heterocycles. The lowest BCUT2D eigenvalue weighted by Crippen LogP contribution is -2.44. The second-order valence-corrected chi connectivity index (χ2v) is 6.89. The molecule has 0 spiro atoms. The summed E-state index contributed by atoms with van der Waals surface area (Å²) in [5, 5.41) is 4.44. The van der Waals surface area contributed by atoms with Crippen molar-refractivity contribution in [3.8, 4) is 5.75 Å². The highest BCUT2D eigenvalue weighted by Crippen LogP contribution is 2.34. The van der Waals surface area contributed by atoms with E-state index in [1.807, 2.05) is 4.90 Å². The molecular weight excluding hydrogens is 347 g/mol. The van der Waals surface area contributed by atoms with E-state index in [9.17, 15) is 4.79 Å². The molecule has 2 atom stereocenters. The molecule has 1 amide bonds. The van der Waals surface area contributed by atoms with Crippen LogP contribution in [0.1, 0.15) is 19.3 Å². The third-order valence-corrected chi connectivity index (χ3v) is 5.29. The number of nitrogens with one attached hydrogen (secondary N) is 1. The second-order valence-electron chi connectivity index (χ2n) is 5.66. The van der Waals surface area contributed by atoms with E-state index in [0.717, 1.165) is 32.4 Å². The average molecular weight is 364 g/mol. The van der Waals surface area contributed by atoms with Crippen LogP contribution in [0.2, 0.25) is 15.1 Å². The Morgan fingerprint density at radius 1 is 1.14 bits per heavy atom. The molecule has 3 rings (SSSR count). The van der Waals surface area contributed by atoms with Gasteiger partial charge in [-0.1, -0.05) is 34.8 Å². The first-order valence-electron chi connectivity index (χ1n) is 7.35. The maximum Gasteiger partial charge on any atom is 0.261 e. The first kappa shape index (κ1) is 16.2. The number of fused-ring (bicyclic) bond motifs is 2. The third kappa shape index (κ3) is 3.30. The molecule has 0 radical (unpaired) electrons. The summed E-state index contributed by atoms with van der Waals surface area (Å²) in [5.41, 5.74) is 0. The summed E-state index contributed by atoms with van der Waals surface area (Å²) in [6.45, 7) is 1.78. The van der Waals surface area contributed by atoms with Crippen molar-refractivity contribution in [2.75, 3.05) is 19.7 Å². The number of benzene rings is 1. The van der Waals surface area contributed by atoms with Crippen molar-refractivity contribution < 1.29 is 9.53 Å². The van der Waals surface area contributed by atoms with Gasteiger partial charge in [0.25, 0.3) is 5.91 Å². The summed E-state index contributed by atoms with van der Waals surface area (Å²) < 4.78 is 5.57. The Balaban J connectivity index is 1.66. The zero-order valence-corrected chi connectivity index (χ0v) is 14.2. The van der Waals surface area contributed by atoms with E-state index >= 15 is 0 Å². The van der Waals surface area contributed by atoms with Crippen LogP contribution in [0.5, 0.6) is 5.75 Å². The Morgan fingerprint density at radius 3 is 2.68 bits per heavy atom. The number of hydrogen-bond donors (Lipinski definition) is 1. The molecule has 2 saturated heterocycles. The largest absolute Gasteiger partial charge is 0.482 e. The fraction of sp³-hybridized carbons (Fsp3) is 0.533. The molecule has 2 unspecified atom stereocenters. The first-order valence-corrected chi connectivity index (χ1v) is 8.49. The Hall–Kier alpha value is -0.680. The average Bonchev–Trinajstić information content (AvgIpc) is 2.74. The van der Waals surface area contributed by atoms with Crippen molar-refractivity contribution in [3.63, 3.8) is 0 Å². The van der Waals surface area contributed by atoms with Crippen LogP contribution in [0.25, 0.3) is 0 Å². The number of carbonyl (C=O) groups excluding carboxylic acids is 1. The van der Waals surface area contributed by atoms with Crippen molar-refractivity contribution in [1.82, 2.24) is 10.2 Å². The number of halogens is 3. The van der Waals surface area contributed by atoms with Crippen LogP contribution in [-0.4, -0.2) is 42.6 Å². The normalized spacial score (nSPS) is 24.2. The standard InChI is InChI=1S/C15H17Cl3N2O2/c16-11-5-13(18)14(6-12(11)17)22-8-15(21)20-9-1-2-10(20)7-19-4-3-9/h5-6,9-10,19H,1-4,7-8H2. The minimum atomic E-state index is -0.0370. The van der Waals surface area contributed by atoms with Crippen LogP contribution in [0.4, 0.5) is 0 Å². The lowest BCUT2D eigenvalue weighted by Gasteiger charge is -2.27. The van der Waals surface area contributed by atoms with Gasteiger partial charge in [-0.2, -0.15) is 0 Å². The molecule has 1 aromatic rings. The Morgan fingerprint density at radius 2 is 1.86 bits per heavy atom. The molecule has 2 bridgehead atoms. The van der Waals surface area contributed by atoms with Crippen LogP contribution in [-0.2, 0) is 4.79 Å².